The fourth-order valence-corrected chi connectivity index (χ4v) is 5.47. The van der Waals surface area contributed by atoms with Crippen LogP contribution in [-0.2, 0) is 14.6 Å². The Balaban J connectivity index is 2.31. The molecule has 0 spiro atoms. The highest BCUT2D eigenvalue weighted by atomic mass is 32.2. The highest BCUT2D eigenvalue weighted by Gasteiger charge is 2.49. The molecule has 0 saturated heterocycles. The van der Waals surface area contributed by atoms with Crippen molar-refractivity contribution < 1.29 is 28.3 Å². The molecule has 2 aromatic carbocycles. The molecule has 0 bridgehead atoms. The van der Waals surface area contributed by atoms with Gasteiger partial charge in [0.05, 0.1) is 11.5 Å². The van der Waals surface area contributed by atoms with Crippen LogP contribution in [-0.4, -0.2) is 41.4 Å². The summed E-state index contributed by atoms with van der Waals surface area (Å²) in [7, 11) is -4.11. The number of sulfone groups is 1. The molecule has 3 N–H and O–H groups in total. The highest BCUT2D eigenvalue weighted by Crippen LogP contribution is 2.38. The summed E-state index contributed by atoms with van der Waals surface area (Å²) in [5, 5.41) is 18.5. The summed E-state index contributed by atoms with van der Waals surface area (Å²) in [4.78, 5) is 10.2. The van der Waals surface area contributed by atoms with Crippen molar-refractivity contribution in [3.8, 4) is 5.75 Å². The minimum Gasteiger partial charge on any atom is -0.494 e. The first-order valence-corrected chi connectivity index (χ1v) is 11.5. The van der Waals surface area contributed by atoms with Crippen molar-refractivity contribution in [2.24, 2.45) is 0 Å². The molecular weight excluding hydrogens is 414 g/mol. The van der Waals surface area contributed by atoms with Gasteiger partial charge in [-0.25, -0.2) is 13.9 Å². The van der Waals surface area contributed by atoms with Gasteiger partial charge in [0.2, 0.25) is 4.93 Å². The molecule has 7 nitrogen and oxygen atoms in total. The van der Waals surface area contributed by atoms with Crippen LogP contribution in [0.25, 0.3) is 0 Å². The standard InChI is InChI=1S/C20H25NO6S2/c1-3-4-14-27-16-10-12-18(13-11-16)29(25,26)15(2)20(23,19(22)21-24)28-17-8-6-5-7-9-17/h5-13,15,23-24H,3-4,14H2,1-2H3,(H,21,22). The quantitative estimate of drug-likeness (QED) is 0.171. The average Bonchev–Trinajstić information content (AvgIpc) is 2.73. The molecule has 0 aliphatic heterocycles. The Morgan fingerprint density at radius 3 is 2.34 bits per heavy atom. The first-order chi connectivity index (χ1) is 13.8. The summed E-state index contributed by atoms with van der Waals surface area (Å²) in [5.74, 6) is -0.686. The van der Waals surface area contributed by atoms with Crippen molar-refractivity contribution in [2.45, 2.75) is 46.7 Å². The van der Waals surface area contributed by atoms with Crippen molar-refractivity contribution in [3.05, 3.63) is 54.6 Å². The molecule has 29 heavy (non-hydrogen) atoms. The minimum atomic E-state index is -4.11. The second kappa shape index (κ2) is 10.1. The van der Waals surface area contributed by atoms with Crippen LogP contribution in [0.3, 0.4) is 0 Å². The number of unbranched alkanes of at least 4 members (excludes halogenated alkanes) is 1. The van der Waals surface area contributed by atoms with Gasteiger partial charge in [0.1, 0.15) is 11.0 Å². The molecule has 158 valence electrons. The SMILES string of the molecule is CCCCOc1ccc(S(=O)(=O)C(C)C(O)(Sc2ccccc2)C(=O)NO)cc1. The number of nitrogens with one attached hydrogen (secondary N) is 1. The Morgan fingerprint density at radius 1 is 1.17 bits per heavy atom. The smallest absolute Gasteiger partial charge is 0.287 e. The third kappa shape index (κ3) is 5.51. The fourth-order valence-electron chi connectivity index (χ4n) is 2.54. The molecule has 2 aromatic rings. The maximum Gasteiger partial charge on any atom is 0.287 e. The van der Waals surface area contributed by atoms with Crippen LogP contribution in [0.2, 0.25) is 0 Å². The molecule has 2 atom stereocenters. The van der Waals surface area contributed by atoms with Gasteiger partial charge in [0.25, 0.3) is 5.91 Å². The number of amides is 1. The van der Waals surface area contributed by atoms with E-state index in [1.54, 1.807) is 30.3 Å². The molecule has 0 aromatic heterocycles. The number of ether oxygens (including phenoxy) is 1. The lowest BCUT2D eigenvalue weighted by atomic mass is 10.2. The Kier molecular flexibility index (Phi) is 8.09. The summed E-state index contributed by atoms with van der Waals surface area (Å²) < 4.78 is 31.7. The van der Waals surface area contributed by atoms with Gasteiger partial charge in [-0.2, -0.15) is 0 Å². The molecule has 2 unspecified atom stereocenters. The number of benzene rings is 2. The number of carbonyl (C=O) groups is 1. The van der Waals surface area contributed by atoms with Gasteiger partial charge in [0, 0.05) is 4.90 Å². The predicted molar refractivity (Wildman–Crippen MR) is 111 cm³/mol. The van der Waals surface area contributed by atoms with Crippen molar-refractivity contribution >= 4 is 27.5 Å². The molecule has 0 heterocycles. The molecule has 0 fully saturated rings. The Morgan fingerprint density at radius 2 is 1.79 bits per heavy atom. The number of hydrogen-bond donors (Lipinski definition) is 3. The average molecular weight is 440 g/mol. The topological polar surface area (TPSA) is 113 Å². The molecule has 0 saturated carbocycles. The Bertz CT molecular complexity index is 902. The fraction of sp³-hybridized carbons (Fsp3) is 0.350. The predicted octanol–water partition coefficient (Wildman–Crippen LogP) is 3.01. The normalized spacial score (nSPS) is 14.6. The van der Waals surface area contributed by atoms with Crippen LogP contribution in [0.15, 0.2) is 64.4 Å². The second-order valence-electron chi connectivity index (χ2n) is 6.41. The van der Waals surface area contributed by atoms with Crippen molar-refractivity contribution in [2.75, 3.05) is 6.61 Å². The van der Waals surface area contributed by atoms with Gasteiger partial charge < -0.3 is 9.84 Å². The Hall–Kier alpha value is -2.07. The van der Waals surface area contributed by atoms with Gasteiger partial charge in [-0.3, -0.25) is 10.0 Å². The third-order valence-electron chi connectivity index (χ3n) is 4.38. The summed E-state index contributed by atoms with van der Waals surface area (Å²) in [6.45, 7) is 3.80. The first-order valence-electron chi connectivity index (χ1n) is 9.13. The minimum absolute atomic E-state index is 0.0642. The zero-order valence-electron chi connectivity index (χ0n) is 16.2. The Labute approximate surface area is 175 Å². The lowest BCUT2D eigenvalue weighted by Gasteiger charge is -2.30. The monoisotopic (exact) mass is 439 g/mol. The summed E-state index contributed by atoms with van der Waals surface area (Å²) in [6.07, 6.45) is 1.87. The van der Waals surface area contributed by atoms with E-state index in [0.29, 0.717) is 29.0 Å². The summed E-state index contributed by atoms with van der Waals surface area (Å²) >= 11 is 0.650. The van der Waals surface area contributed by atoms with Crippen molar-refractivity contribution in [1.29, 1.82) is 0 Å². The summed E-state index contributed by atoms with van der Waals surface area (Å²) in [5.41, 5.74) is 1.37. The second-order valence-corrected chi connectivity index (χ2v) is 9.98. The van der Waals surface area contributed by atoms with Crippen LogP contribution in [0.4, 0.5) is 0 Å². The number of hydrogen-bond acceptors (Lipinski definition) is 7. The maximum atomic E-state index is 13.1. The molecular formula is C20H25NO6S2. The van der Waals surface area contributed by atoms with Gasteiger partial charge in [-0.1, -0.05) is 43.3 Å². The molecule has 0 aliphatic carbocycles. The van der Waals surface area contributed by atoms with E-state index in [2.05, 4.69) is 0 Å². The van der Waals surface area contributed by atoms with E-state index in [1.807, 2.05) is 6.92 Å². The number of carbonyl (C=O) groups excluding carboxylic acids is 1. The third-order valence-corrected chi connectivity index (χ3v) is 8.09. The number of hydroxylamine groups is 1. The van der Waals surface area contributed by atoms with Gasteiger partial charge in [-0.15, -0.1) is 0 Å². The molecule has 1 amide bonds. The first kappa shape index (κ1) is 23.2. The van der Waals surface area contributed by atoms with Crippen LogP contribution >= 0.6 is 11.8 Å². The molecule has 0 aliphatic rings. The van der Waals surface area contributed by atoms with E-state index in [9.17, 15) is 18.3 Å². The number of rotatable bonds is 10. The van der Waals surface area contributed by atoms with Gasteiger partial charge in [-0.05, 0) is 49.7 Å². The molecule has 2 rings (SSSR count). The van der Waals surface area contributed by atoms with Crippen LogP contribution in [0.1, 0.15) is 26.7 Å². The van der Waals surface area contributed by atoms with E-state index >= 15 is 0 Å². The van der Waals surface area contributed by atoms with E-state index in [0.717, 1.165) is 12.8 Å². The van der Waals surface area contributed by atoms with Gasteiger partial charge in [0.15, 0.2) is 9.84 Å². The number of thioether (sulfide) groups is 1. The van der Waals surface area contributed by atoms with Gasteiger partial charge >= 0.3 is 0 Å². The maximum absolute atomic E-state index is 13.1. The lowest BCUT2D eigenvalue weighted by Crippen LogP contribution is -2.53. The highest BCUT2D eigenvalue weighted by molar-refractivity contribution is 8.02. The zero-order valence-corrected chi connectivity index (χ0v) is 17.9. The zero-order chi connectivity index (χ0) is 21.5. The summed E-state index contributed by atoms with van der Waals surface area (Å²) in [6, 6.07) is 14.2. The van der Waals surface area contributed by atoms with Crippen LogP contribution in [0.5, 0.6) is 5.75 Å². The van der Waals surface area contributed by atoms with Crippen LogP contribution < -0.4 is 10.2 Å². The lowest BCUT2D eigenvalue weighted by molar-refractivity contribution is -0.140. The van der Waals surface area contributed by atoms with E-state index in [-0.39, 0.29) is 4.90 Å². The van der Waals surface area contributed by atoms with E-state index in [4.69, 9.17) is 9.94 Å². The number of aliphatic hydroxyl groups is 1. The van der Waals surface area contributed by atoms with Crippen molar-refractivity contribution in [1.82, 2.24) is 5.48 Å². The van der Waals surface area contributed by atoms with Crippen LogP contribution in [0, 0.1) is 0 Å². The van der Waals surface area contributed by atoms with E-state index in [1.165, 1.54) is 36.7 Å². The molecule has 0 radical (unpaired) electrons. The molecule has 9 heteroatoms. The largest absolute Gasteiger partial charge is 0.494 e. The van der Waals surface area contributed by atoms with E-state index < -0.39 is 25.9 Å². The van der Waals surface area contributed by atoms with Crippen molar-refractivity contribution in [3.63, 3.8) is 0 Å².